The fourth-order valence-corrected chi connectivity index (χ4v) is 2.47. The van der Waals surface area contributed by atoms with Crippen LogP contribution in [0.25, 0.3) is 0 Å². The van der Waals surface area contributed by atoms with Gasteiger partial charge in [-0.3, -0.25) is 0 Å². The van der Waals surface area contributed by atoms with Crippen LogP contribution in [0.1, 0.15) is 19.3 Å². The van der Waals surface area contributed by atoms with Crippen molar-refractivity contribution < 1.29 is 0 Å². The van der Waals surface area contributed by atoms with Crippen LogP contribution in [-0.2, 0) is 0 Å². The van der Waals surface area contributed by atoms with E-state index >= 15 is 0 Å². The molecule has 1 aliphatic heterocycles. The molecule has 3 heteroatoms. The first kappa shape index (κ1) is 12.2. The molecule has 0 unspecified atom stereocenters. The van der Waals surface area contributed by atoms with Gasteiger partial charge in [0.05, 0.1) is 0 Å². The topological polar surface area (TPSA) is 15.3 Å². The summed E-state index contributed by atoms with van der Waals surface area (Å²) >= 11 is 2.33. The van der Waals surface area contributed by atoms with Gasteiger partial charge in [-0.1, -0.05) is 0 Å². The fourth-order valence-electron chi connectivity index (χ4n) is 2.11. The fraction of sp³-hybridized carbons (Fsp3) is 0.538. The lowest BCUT2D eigenvalue weighted by atomic mass is 10.3. The van der Waals surface area contributed by atoms with Crippen molar-refractivity contribution >= 4 is 28.3 Å². The Balaban J connectivity index is 1.62. The number of likely N-dealkylation sites (tertiary alicyclic amines) is 1. The van der Waals surface area contributed by atoms with E-state index in [0.717, 1.165) is 6.54 Å². The van der Waals surface area contributed by atoms with Gasteiger partial charge in [-0.05, 0) is 85.8 Å². The van der Waals surface area contributed by atoms with Crippen LogP contribution in [0.5, 0.6) is 0 Å². The van der Waals surface area contributed by atoms with Crippen molar-refractivity contribution in [2.75, 3.05) is 31.5 Å². The van der Waals surface area contributed by atoms with Gasteiger partial charge in [-0.25, -0.2) is 0 Å². The zero-order chi connectivity index (χ0) is 11.2. The number of benzene rings is 1. The Morgan fingerprint density at radius 3 is 2.50 bits per heavy atom. The minimum Gasteiger partial charge on any atom is -0.385 e. The van der Waals surface area contributed by atoms with Gasteiger partial charge in [0, 0.05) is 15.8 Å². The maximum absolute atomic E-state index is 3.47. The Labute approximate surface area is 112 Å². The molecule has 1 aromatic carbocycles. The number of hydrogen-bond acceptors (Lipinski definition) is 2. The number of hydrogen-bond donors (Lipinski definition) is 1. The second-order valence-corrected chi connectivity index (χ2v) is 5.58. The van der Waals surface area contributed by atoms with Crippen LogP contribution in [0.4, 0.5) is 5.69 Å². The molecule has 0 spiro atoms. The van der Waals surface area contributed by atoms with Gasteiger partial charge in [0.2, 0.25) is 0 Å². The minimum atomic E-state index is 1.08. The monoisotopic (exact) mass is 330 g/mol. The zero-order valence-electron chi connectivity index (χ0n) is 9.58. The average molecular weight is 330 g/mol. The molecule has 0 atom stereocenters. The molecule has 1 heterocycles. The quantitative estimate of drug-likeness (QED) is 0.659. The summed E-state index contributed by atoms with van der Waals surface area (Å²) in [5.74, 6) is 0. The molecule has 0 aromatic heterocycles. The van der Waals surface area contributed by atoms with Crippen LogP contribution < -0.4 is 5.32 Å². The molecule has 16 heavy (non-hydrogen) atoms. The summed E-state index contributed by atoms with van der Waals surface area (Å²) < 4.78 is 1.29. The maximum Gasteiger partial charge on any atom is 0.0340 e. The molecule has 0 aliphatic carbocycles. The van der Waals surface area contributed by atoms with E-state index in [1.54, 1.807) is 0 Å². The molecule has 1 aromatic rings. The summed E-state index contributed by atoms with van der Waals surface area (Å²) in [5.41, 5.74) is 1.24. The number of rotatable bonds is 5. The Kier molecular flexibility index (Phi) is 4.91. The molecule has 1 N–H and O–H groups in total. The molecule has 0 amide bonds. The first-order valence-corrected chi connectivity index (χ1v) is 7.14. The summed E-state index contributed by atoms with van der Waals surface area (Å²) in [4.78, 5) is 2.57. The first-order chi connectivity index (χ1) is 7.84. The highest BCUT2D eigenvalue weighted by Gasteiger charge is 2.09. The Bertz CT molecular complexity index is 304. The van der Waals surface area contributed by atoms with Crippen LogP contribution in [0.3, 0.4) is 0 Å². The van der Waals surface area contributed by atoms with Gasteiger partial charge in [0.1, 0.15) is 0 Å². The first-order valence-electron chi connectivity index (χ1n) is 6.06. The van der Waals surface area contributed by atoms with E-state index in [1.165, 1.54) is 48.2 Å². The molecule has 1 fully saturated rings. The van der Waals surface area contributed by atoms with Gasteiger partial charge in [-0.2, -0.15) is 0 Å². The molecular weight excluding hydrogens is 311 g/mol. The van der Waals surface area contributed by atoms with E-state index < -0.39 is 0 Å². The Morgan fingerprint density at radius 2 is 1.81 bits per heavy atom. The van der Waals surface area contributed by atoms with Crippen LogP contribution in [0.2, 0.25) is 0 Å². The second kappa shape index (κ2) is 6.45. The van der Waals surface area contributed by atoms with Gasteiger partial charge in [-0.15, -0.1) is 0 Å². The van der Waals surface area contributed by atoms with Crippen molar-refractivity contribution in [1.29, 1.82) is 0 Å². The highest BCUT2D eigenvalue weighted by atomic mass is 127. The summed E-state index contributed by atoms with van der Waals surface area (Å²) in [6.45, 7) is 4.95. The van der Waals surface area contributed by atoms with Crippen molar-refractivity contribution in [2.45, 2.75) is 19.3 Å². The molecule has 0 saturated carbocycles. The van der Waals surface area contributed by atoms with E-state index in [2.05, 4.69) is 57.1 Å². The third-order valence-electron chi connectivity index (χ3n) is 3.02. The third kappa shape index (κ3) is 3.94. The molecular formula is C13H19IN2. The predicted octanol–water partition coefficient (Wildman–Crippen LogP) is 3.19. The van der Waals surface area contributed by atoms with Gasteiger partial charge in [0.25, 0.3) is 0 Å². The largest absolute Gasteiger partial charge is 0.385 e. The summed E-state index contributed by atoms with van der Waals surface area (Å²) in [5, 5.41) is 3.47. The zero-order valence-corrected chi connectivity index (χ0v) is 11.7. The molecule has 2 nitrogen and oxygen atoms in total. The van der Waals surface area contributed by atoms with Gasteiger partial charge < -0.3 is 10.2 Å². The summed E-state index contributed by atoms with van der Waals surface area (Å²) in [6, 6.07) is 8.59. The predicted molar refractivity (Wildman–Crippen MR) is 77.9 cm³/mol. The molecule has 88 valence electrons. The lowest BCUT2D eigenvalue weighted by Gasteiger charge is -2.14. The van der Waals surface area contributed by atoms with Crippen molar-refractivity contribution in [3.63, 3.8) is 0 Å². The van der Waals surface area contributed by atoms with Crippen molar-refractivity contribution in [2.24, 2.45) is 0 Å². The van der Waals surface area contributed by atoms with Crippen LogP contribution in [0.15, 0.2) is 24.3 Å². The summed E-state index contributed by atoms with van der Waals surface area (Å²) in [7, 11) is 0. The summed E-state index contributed by atoms with van der Waals surface area (Å²) in [6.07, 6.45) is 4.03. The lowest BCUT2D eigenvalue weighted by Crippen LogP contribution is -2.22. The smallest absolute Gasteiger partial charge is 0.0340 e. The SMILES string of the molecule is Ic1ccc(NCCCN2CCCC2)cc1. The van der Waals surface area contributed by atoms with E-state index in [4.69, 9.17) is 0 Å². The standard InChI is InChI=1S/C13H19IN2/c14-12-4-6-13(7-5-12)15-8-3-11-16-9-1-2-10-16/h4-7,15H,1-3,8-11H2. The van der Waals surface area contributed by atoms with Crippen molar-refractivity contribution in [3.05, 3.63) is 27.8 Å². The van der Waals surface area contributed by atoms with Crippen LogP contribution in [0, 0.1) is 3.57 Å². The Morgan fingerprint density at radius 1 is 1.12 bits per heavy atom. The highest BCUT2D eigenvalue weighted by molar-refractivity contribution is 14.1. The number of anilines is 1. The number of nitrogens with zero attached hydrogens (tertiary/aromatic N) is 1. The van der Waals surface area contributed by atoms with E-state index in [9.17, 15) is 0 Å². The minimum absolute atomic E-state index is 1.08. The van der Waals surface area contributed by atoms with Crippen LogP contribution in [-0.4, -0.2) is 31.1 Å². The molecule has 1 aliphatic rings. The third-order valence-corrected chi connectivity index (χ3v) is 3.74. The van der Waals surface area contributed by atoms with E-state index in [-0.39, 0.29) is 0 Å². The lowest BCUT2D eigenvalue weighted by molar-refractivity contribution is 0.337. The normalized spacial score (nSPS) is 16.6. The van der Waals surface area contributed by atoms with Crippen molar-refractivity contribution in [3.8, 4) is 0 Å². The number of nitrogens with one attached hydrogen (secondary N) is 1. The molecule has 0 bridgehead atoms. The number of halogens is 1. The van der Waals surface area contributed by atoms with E-state index in [1.807, 2.05) is 0 Å². The van der Waals surface area contributed by atoms with E-state index in [0.29, 0.717) is 0 Å². The molecule has 0 radical (unpaired) electrons. The van der Waals surface area contributed by atoms with Crippen LogP contribution >= 0.6 is 22.6 Å². The second-order valence-electron chi connectivity index (χ2n) is 4.34. The van der Waals surface area contributed by atoms with Gasteiger partial charge in [0.15, 0.2) is 0 Å². The molecule has 1 saturated heterocycles. The van der Waals surface area contributed by atoms with Gasteiger partial charge >= 0.3 is 0 Å². The maximum atomic E-state index is 3.47. The Hall–Kier alpha value is -0.290. The highest BCUT2D eigenvalue weighted by Crippen LogP contribution is 2.11. The molecule has 2 rings (SSSR count). The van der Waals surface area contributed by atoms with Crippen molar-refractivity contribution in [1.82, 2.24) is 4.90 Å². The average Bonchev–Trinajstić information content (AvgIpc) is 2.80.